The van der Waals surface area contributed by atoms with Crippen LogP contribution in [0.4, 0.5) is 11.4 Å². The lowest BCUT2D eigenvalue weighted by Crippen LogP contribution is -2.21. The van der Waals surface area contributed by atoms with Crippen LogP contribution < -0.4 is 24.8 Å². The van der Waals surface area contributed by atoms with E-state index in [4.69, 9.17) is 14.2 Å². The molecule has 0 heterocycles. The van der Waals surface area contributed by atoms with E-state index >= 15 is 0 Å². The number of carbonyl (C=O) groups is 1. The van der Waals surface area contributed by atoms with Gasteiger partial charge < -0.3 is 24.8 Å². The zero-order chi connectivity index (χ0) is 16.7. The predicted octanol–water partition coefficient (Wildman–Crippen LogP) is 2.76. The maximum Gasteiger partial charge on any atom is 0.243 e. The molecule has 6 nitrogen and oxygen atoms in total. The summed E-state index contributed by atoms with van der Waals surface area (Å²) in [5, 5.41) is 5.84. The van der Waals surface area contributed by atoms with Crippen LogP contribution in [0.1, 0.15) is 0 Å². The Morgan fingerprint density at radius 3 is 2.04 bits per heavy atom. The van der Waals surface area contributed by atoms with E-state index in [0.717, 1.165) is 5.69 Å². The van der Waals surface area contributed by atoms with Crippen molar-refractivity contribution in [1.29, 1.82) is 0 Å². The molecule has 0 saturated heterocycles. The van der Waals surface area contributed by atoms with E-state index in [2.05, 4.69) is 10.6 Å². The minimum Gasteiger partial charge on any atom is -0.493 e. The van der Waals surface area contributed by atoms with Crippen LogP contribution in [-0.4, -0.2) is 33.8 Å². The van der Waals surface area contributed by atoms with E-state index in [9.17, 15) is 4.79 Å². The van der Waals surface area contributed by atoms with Crippen molar-refractivity contribution in [2.75, 3.05) is 38.5 Å². The molecule has 0 fully saturated rings. The molecule has 1 amide bonds. The smallest absolute Gasteiger partial charge is 0.243 e. The number of hydrogen-bond acceptors (Lipinski definition) is 5. The first-order valence-corrected chi connectivity index (χ1v) is 7.06. The fourth-order valence-corrected chi connectivity index (χ4v) is 2.10. The Morgan fingerprint density at radius 1 is 0.913 bits per heavy atom. The standard InChI is InChI=1S/C17H20N2O4/c1-21-14-9-13(10-15(22-2)17(14)23-3)19-16(20)11-18-12-7-5-4-6-8-12/h4-10,18H,11H2,1-3H3,(H,19,20). The number of anilines is 2. The molecule has 0 saturated carbocycles. The van der Waals surface area contributed by atoms with Crippen LogP contribution >= 0.6 is 0 Å². The average Bonchev–Trinajstić information content (AvgIpc) is 2.59. The van der Waals surface area contributed by atoms with Gasteiger partial charge in [0.15, 0.2) is 11.5 Å². The predicted molar refractivity (Wildman–Crippen MR) is 89.7 cm³/mol. The Kier molecular flexibility index (Phi) is 5.68. The Labute approximate surface area is 135 Å². The van der Waals surface area contributed by atoms with Gasteiger partial charge in [0.1, 0.15) is 0 Å². The van der Waals surface area contributed by atoms with Gasteiger partial charge in [-0.1, -0.05) is 18.2 Å². The highest BCUT2D eigenvalue weighted by molar-refractivity contribution is 5.94. The van der Waals surface area contributed by atoms with Crippen LogP contribution in [0.3, 0.4) is 0 Å². The number of hydrogen-bond donors (Lipinski definition) is 2. The summed E-state index contributed by atoms with van der Waals surface area (Å²) >= 11 is 0. The number of rotatable bonds is 7. The number of methoxy groups -OCH3 is 3. The van der Waals surface area contributed by atoms with Gasteiger partial charge in [-0.2, -0.15) is 0 Å². The molecular weight excluding hydrogens is 296 g/mol. The van der Waals surface area contributed by atoms with Gasteiger partial charge in [-0.3, -0.25) is 4.79 Å². The van der Waals surface area contributed by atoms with Gasteiger partial charge >= 0.3 is 0 Å². The molecule has 2 rings (SSSR count). The quantitative estimate of drug-likeness (QED) is 0.822. The van der Waals surface area contributed by atoms with Crippen molar-refractivity contribution in [3.63, 3.8) is 0 Å². The highest BCUT2D eigenvalue weighted by atomic mass is 16.5. The van der Waals surface area contributed by atoms with Crippen molar-refractivity contribution >= 4 is 17.3 Å². The zero-order valence-electron chi connectivity index (χ0n) is 13.4. The van der Waals surface area contributed by atoms with Gasteiger partial charge in [0.25, 0.3) is 0 Å². The van der Waals surface area contributed by atoms with Crippen LogP contribution in [0, 0.1) is 0 Å². The van der Waals surface area contributed by atoms with E-state index in [1.165, 1.54) is 21.3 Å². The summed E-state index contributed by atoms with van der Waals surface area (Å²) in [4.78, 5) is 12.1. The summed E-state index contributed by atoms with van der Waals surface area (Å²) in [5.41, 5.74) is 1.45. The molecule has 6 heteroatoms. The lowest BCUT2D eigenvalue weighted by Gasteiger charge is -2.15. The van der Waals surface area contributed by atoms with Crippen molar-refractivity contribution in [3.05, 3.63) is 42.5 Å². The first kappa shape index (κ1) is 16.5. The first-order valence-electron chi connectivity index (χ1n) is 7.06. The van der Waals surface area contributed by atoms with Gasteiger partial charge in [0.2, 0.25) is 11.7 Å². The van der Waals surface area contributed by atoms with E-state index in [1.807, 2.05) is 30.3 Å². The molecule has 2 N–H and O–H groups in total. The van der Waals surface area contributed by atoms with E-state index in [-0.39, 0.29) is 12.5 Å². The lowest BCUT2D eigenvalue weighted by molar-refractivity contribution is -0.114. The van der Waals surface area contributed by atoms with E-state index in [0.29, 0.717) is 22.9 Å². The molecule has 0 aliphatic rings. The Morgan fingerprint density at radius 2 is 1.52 bits per heavy atom. The third-order valence-corrected chi connectivity index (χ3v) is 3.18. The summed E-state index contributed by atoms with van der Waals surface area (Å²) in [6.45, 7) is 0.153. The number of nitrogens with one attached hydrogen (secondary N) is 2. The van der Waals surface area contributed by atoms with Gasteiger partial charge in [-0.15, -0.1) is 0 Å². The largest absolute Gasteiger partial charge is 0.493 e. The molecule has 0 atom stereocenters. The normalized spacial score (nSPS) is 9.87. The van der Waals surface area contributed by atoms with Crippen molar-refractivity contribution < 1.29 is 19.0 Å². The van der Waals surface area contributed by atoms with Gasteiger partial charge in [-0.05, 0) is 12.1 Å². The molecule has 0 unspecified atom stereocenters. The minimum atomic E-state index is -0.178. The summed E-state index contributed by atoms with van der Waals surface area (Å²) in [7, 11) is 4.59. The van der Waals surface area contributed by atoms with Crippen molar-refractivity contribution in [2.24, 2.45) is 0 Å². The number of ether oxygens (including phenoxy) is 3. The van der Waals surface area contributed by atoms with Crippen LogP contribution in [0.15, 0.2) is 42.5 Å². The Balaban J connectivity index is 2.05. The number of para-hydroxylation sites is 1. The average molecular weight is 316 g/mol. The van der Waals surface area contributed by atoms with Gasteiger partial charge in [-0.25, -0.2) is 0 Å². The van der Waals surface area contributed by atoms with Crippen LogP contribution in [0.25, 0.3) is 0 Å². The highest BCUT2D eigenvalue weighted by Gasteiger charge is 2.14. The fraction of sp³-hybridized carbons (Fsp3) is 0.235. The SMILES string of the molecule is COc1cc(NC(=O)CNc2ccccc2)cc(OC)c1OC. The molecule has 23 heavy (non-hydrogen) atoms. The van der Waals surface area contributed by atoms with Crippen LogP contribution in [0.2, 0.25) is 0 Å². The molecule has 2 aromatic rings. The molecule has 0 radical (unpaired) electrons. The molecule has 0 aliphatic carbocycles. The molecule has 122 valence electrons. The number of carbonyl (C=O) groups excluding carboxylic acids is 1. The maximum atomic E-state index is 12.1. The molecule has 2 aromatic carbocycles. The van der Waals surface area contributed by atoms with Crippen LogP contribution in [-0.2, 0) is 4.79 Å². The zero-order valence-corrected chi connectivity index (χ0v) is 13.4. The Hall–Kier alpha value is -2.89. The number of amides is 1. The van der Waals surface area contributed by atoms with Gasteiger partial charge in [0, 0.05) is 23.5 Å². The molecule has 0 spiro atoms. The van der Waals surface area contributed by atoms with E-state index < -0.39 is 0 Å². The first-order chi connectivity index (χ1) is 11.2. The lowest BCUT2D eigenvalue weighted by atomic mass is 10.2. The monoisotopic (exact) mass is 316 g/mol. The molecular formula is C17H20N2O4. The second-order valence-electron chi connectivity index (χ2n) is 4.68. The van der Waals surface area contributed by atoms with Crippen molar-refractivity contribution in [2.45, 2.75) is 0 Å². The summed E-state index contributed by atoms with van der Waals surface area (Å²) in [6, 6.07) is 12.9. The third kappa shape index (κ3) is 4.29. The molecule has 0 bridgehead atoms. The maximum absolute atomic E-state index is 12.1. The summed E-state index contributed by atoms with van der Waals surface area (Å²) < 4.78 is 15.8. The second kappa shape index (κ2) is 7.93. The minimum absolute atomic E-state index is 0.153. The van der Waals surface area contributed by atoms with Crippen molar-refractivity contribution in [3.8, 4) is 17.2 Å². The topological polar surface area (TPSA) is 68.8 Å². The third-order valence-electron chi connectivity index (χ3n) is 3.18. The number of benzene rings is 2. The fourth-order valence-electron chi connectivity index (χ4n) is 2.10. The Bertz CT molecular complexity index is 634. The summed E-state index contributed by atoms with van der Waals surface area (Å²) in [5.74, 6) is 1.27. The van der Waals surface area contributed by atoms with Crippen LogP contribution in [0.5, 0.6) is 17.2 Å². The van der Waals surface area contributed by atoms with Crippen molar-refractivity contribution in [1.82, 2.24) is 0 Å². The van der Waals surface area contributed by atoms with E-state index in [1.54, 1.807) is 12.1 Å². The molecule has 0 aromatic heterocycles. The highest BCUT2D eigenvalue weighted by Crippen LogP contribution is 2.39. The summed E-state index contributed by atoms with van der Waals surface area (Å²) in [6.07, 6.45) is 0. The van der Waals surface area contributed by atoms with Gasteiger partial charge in [0.05, 0.1) is 27.9 Å². The molecule has 0 aliphatic heterocycles. The second-order valence-corrected chi connectivity index (χ2v) is 4.68.